The summed E-state index contributed by atoms with van der Waals surface area (Å²) in [6, 6.07) is 14.9. The van der Waals surface area contributed by atoms with Crippen molar-refractivity contribution in [3.63, 3.8) is 0 Å². The van der Waals surface area contributed by atoms with Crippen molar-refractivity contribution < 1.29 is 4.79 Å². The largest absolute Gasteiger partial charge is 0.326 e. The van der Waals surface area contributed by atoms with Gasteiger partial charge in [-0.3, -0.25) is 4.79 Å². The molecular weight excluding hydrogens is 305 g/mol. The van der Waals surface area contributed by atoms with E-state index in [1.807, 2.05) is 44.2 Å². The minimum atomic E-state index is -0.532. The molecule has 4 heteroatoms. The molecule has 2 aromatic carbocycles. The van der Waals surface area contributed by atoms with Crippen LogP contribution < -0.4 is 5.32 Å². The van der Waals surface area contributed by atoms with Gasteiger partial charge in [-0.1, -0.05) is 67.4 Å². The Hall–Kier alpha value is -1.51. The third-order valence-electron chi connectivity index (χ3n) is 3.22. The Labute approximate surface area is 135 Å². The summed E-state index contributed by atoms with van der Waals surface area (Å²) in [4.78, 5) is 12.5. The van der Waals surface area contributed by atoms with E-state index in [1.165, 1.54) is 0 Å². The summed E-state index contributed by atoms with van der Waals surface area (Å²) in [6.45, 7) is 3.84. The molecule has 0 saturated carbocycles. The van der Waals surface area contributed by atoms with Crippen LogP contribution in [0.1, 0.15) is 19.4 Å². The molecule has 2 nitrogen and oxygen atoms in total. The number of rotatable bonds is 4. The SMILES string of the molecule is CC(C)(Cc1ccccc1)C(=O)Nc1cc(Cl)cc(Cl)c1. The quantitative estimate of drug-likeness (QED) is 0.823. The summed E-state index contributed by atoms with van der Waals surface area (Å²) >= 11 is 11.9. The van der Waals surface area contributed by atoms with E-state index in [2.05, 4.69) is 5.32 Å². The van der Waals surface area contributed by atoms with Gasteiger partial charge in [0.15, 0.2) is 0 Å². The van der Waals surface area contributed by atoms with Crippen LogP contribution in [0.3, 0.4) is 0 Å². The maximum atomic E-state index is 12.5. The molecular formula is C17H17Cl2NO. The van der Waals surface area contributed by atoms with E-state index in [1.54, 1.807) is 18.2 Å². The van der Waals surface area contributed by atoms with Crippen LogP contribution in [0.4, 0.5) is 5.69 Å². The second-order valence-corrected chi connectivity index (χ2v) is 6.53. The van der Waals surface area contributed by atoms with Crippen LogP contribution in [0.15, 0.2) is 48.5 Å². The summed E-state index contributed by atoms with van der Waals surface area (Å²) in [5, 5.41) is 3.87. The predicted octanol–water partition coefficient (Wildman–Crippen LogP) is 5.20. The number of nitrogens with one attached hydrogen (secondary N) is 1. The Kier molecular flexibility index (Phi) is 4.92. The summed E-state index contributed by atoms with van der Waals surface area (Å²) < 4.78 is 0. The van der Waals surface area contributed by atoms with E-state index in [0.29, 0.717) is 22.2 Å². The van der Waals surface area contributed by atoms with Gasteiger partial charge in [0.2, 0.25) is 5.91 Å². The lowest BCUT2D eigenvalue weighted by Crippen LogP contribution is -2.32. The number of benzene rings is 2. The van der Waals surface area contributed by atoms with Gasteiger partial charge in [0.1, 0.15) is 0 Å². The maximum absolute atomic E-state index is 12.5. The number of anilines is 1. The molecule has 0 saturated heterocycles. The molecule has 110 valence electrons. The number of halogens is 2. The fraction of sp³-hybridized carbons (Fsp3) is 0.235. The van der Waals surface area contributed by atoms with Crippen molar-refractivity contribution >= 4 is 34.8 Å². The lowest BCUT2D eigenvalue weighted by atomic mass is 9.84. The van der Waals surface area contributed by atoms with Crippen LogP contribution >= 0.6 is 23.2 Å². The lowest BCUT2D eigenvalue weighted by molar-refractivity contribution is -0.123. The number of carbonyl (C=O) groups excluding carboxylic acids is 1. The minimum Gasteiger partial charge on any atom is -0.326 e. The maximum Gasteiger partial charge on any atom is 0.230 e. The third kappa shape index (κ3) is 4.48. The number of amides is 1. The first-order valence-electron chi connectivity index (χ1n) is 6.68. The van der Waals surface area contributed by atoms with Crippen molar-refractivity contribution in [2.75, 3.05) is 5.32 Å². The van der Waals surface area contributed by atoms with Gasteiger partial charge in [0.05, 0.1) is 0 Å². The molecule has 0 aliphatic carbocycles. The molecule has 0 fully saturated rings. The second kappa shape index (κ2) is 6.50. The molecule has 0 bridgehead atoms. The number of carbonyl (C=O) groups is 1. The zero-order valence-corrected chi connectivity index (χ0v) is 13.5. The highest BCUT2D eigenvalue weighted by atomic mass is 35.5. The van der Waals surface area contributed by atoms with E-state index < -0.39 is 5.41 Å². The highest BCUT2D eigenvalue weighted by Crippen LogP contribution is 2.27. The molecule has 0 heterocycles. The Balaban J connectivity index is 2.11. The van der Waals surface area contributed by atoms with E-state index >= 15 is 0 Å². The molecule has 0 radical (unpaired) electrons. The molecule has 0 aliphatic heterocycles. The number of hydrogen-bond acceptors (Lipinski definition) is 1. The lowest BCUT2D eigenvalue weighted by Gasteiger charge is -2.24. The van der Waals surface area contributed by atoms with Crippen molar-refractivity contribution in [3.05, 3.63) is 64.1 Å². The van der Waals surface area contributed by atoms with E-state index in [4.69, 9.17) is 23.2 Å². The first-order chi connectivity index (χ1) is 9.87. The highest BCUT2D eigenvalue weighted by molar-refractivity contribution is 6.35. The van der Waals surface area contributed by atoms with Gasteiger partial charge in [-0.05, 0) is 30.2 Å². The summed E-state index contributed by atoms with van der Waals surface area (Å²) in [7, 11) is 0. The van der Waals surface area contributed by atoms with Crippen LogP contribution in [0.25, 0.3) is 0 Å². The Morgan fingerprint density at radius 2 is 1.62 bits per heavy atom. The van der Waals surface area contributed by atoms with Crippen LogP contribution in [-0.4, -0.2) is 5.91 Å². The zero-order valence-electron chi connectivity index (χ0n) is 12.0. The van der Waals surface area contributed by atoms with Gasteiger partial charge < -0.3 is 5.32 Å². The monoisotopic (exact) mass is 321 g/mol. The summed E-state index contributed by atoms with van der Waals surface area (Å²) in [6.07, 6.45) is 0.661. The normalized spacial score (nSPS) is 11.2. The molecule has 0 spiro atoms. The first kappa shape index (κ1) is 15.9. The van der Waals surface area contributed by atoms with E-state index in [-0.39, 0.29) is 5.91 Å². The molecule has 0 aromatic heterocycles. The Morgan fingerprint density at radius 1 is 1.05 bits per heavy atom. The minimum absolute atomic E-state index is 0.0651. The topological polar surface area (TPSA) is 29.1 Å². The smallest absolute Gasteiger partial charge is 0.230 e. The zero-order chi connectivity index (χ0) is 15.5. The predicted molar refractivity (Wildman–Crippen MR) is 89.0 cm³/mol. The molecule has 0 aliphatic rings. The van der Waals surface area contributed by atoms with Crippen molar-refractivity contribution in [2.45, 2.75) is 20.3 Å². The van der Waals surface area contributed by atoms with Crippen molar-refractivity contribution in [1.29, 1.82) is 0 Å². The van der Waals surface area contributed by atoms with Gasteiger partial charge in [0.25, 0.3) is 0 Å². The molecule has 2 rings (SSSR count). The van der Waals surface area contributed by atoms with Crippen LogP contribution in [0, 0.1) is 5.41 Å². The van der Waals surface area contributed by atoms with Crippen molar-refractivity contribution in [1.82, 2.24) is 0 Å². The summed E-state index contributed by atoms with van der Waals surface area (Å²) in [5.41, 5.74) is 1.20. The van der Waals surface area contributed by atoms with Gasteiger partial charge in [0, 0.05) is 21.1 Å². The molecule has 1 amide bonds. The van der Waals surface area contributed by atoms with Gasteiger partial charge in [-0.15, -0.1) is 0 Å². The third-order valence-corrected chi connectivity index (χ3v) is 3.66. The molecule has 0 unspecified atom stereocenters. The molecule has 21 heavy (non-hydrogen) atoms. The summed E-state index contributed by atoms with van der Waals surface area (Å²) in [5.74, 6) is -0.0651. The van der Waals surface area contributed by atoms with Gasteiger partial charge in [-0.25, -0.2) is 0 Å². The standard InChI is InChI=1S/C17H17Cl2NO/c1-17(2,11-12-6-4-3-5-7-12)16(21)20-15-9-13(18)8-14(19)10-15/h3-10H,11H2,1-2H3,(H,20,21). The molecule has 2 aromatic rings. The fourth-order valence-corrected chi connectivity index (χ4v) is 2.64. The van der Waals surface area contributed by atoms with Gasteiger partial charge >= 0.3 is 0 Å². The average Bonchev–Trinajstić information content (AvgIpc) is 2.38. The average molecular weight is 322 g/mol. The van der Waals surface area contributed by atoms with Crippen molar-refractivity contribution in [2.24, 2.45) is 5.41 Å². The highest BCUT2D eigenvalue weighted by Gasteiger charge is 2.28. The van der Waals surface area contributed by atoms with Crippen LogP contribution in [0.5, 0.6) is 0 Å². The fourth-order valence-electron chi connectivity index (χ4n) is 2.11. The Bertz CT molecular complexity index is 618. The number of hydrogen-bond donors (Lipinski definition) is 1. The van der Waals surface area contributed by atoms with E-state index in [9.17, 15) is 4.79 Å². The Morgan fingerprint density at radius 3 is 2.19 bits per heavy atom. The van der Waals surface area contributed by atoms with Crippen molar-refractivity contribution in [3.8, 4) is 0 Å². The molecule has 0 atom stereocenters. The van der Waals surface area contributed by atoms with E-state index in [0.717, 1.165) is 5.56 Å². The van der Waals surface area contributed by atoms with Crippen LogP contribution in [-0.2, 0) is 11.2 Å². The van der Waals surface area contributed by atoms with Crippen LogP contribution in [0.2, 0.25) is 10.0 Å². The molecule has 1 N–H and O–H groups in total. The van der Waals surface area contributed by atoms with Gasteiger partial charge in [-0.2, -0.15) is 0 Å². The first-order valence-corrected chi connectivity index (χ1v) is 7.44. The second-order valence-electron chi connectivity index (χ2n) is 5.66.